The lowest BCUT2D eigenvalue weighted by molar-refractivity contribution is -0.109. The minimum atomic E-state index is 0.184. The Hall–Kier alpha value is -1.03. The number of aromatic nitrogens is 2. The highest BCUT2D eigenvalue weighted by atomic mass is 32.2. The van der Waals surface area contributed by atoms with Gasteiger partial charge in [-0.2, -0.15) is 5.10 Å². The lowest BCUT2D eigenvalue weighted by Gasteiger charge is -1.94. The highest BCUT2D eigenvalue weighted by molar-refractivity contribution is 8.13. The molecule has 0 aromatic carbocycles. The van der Waals surface area contributed by atoms with Crippen LogP contribution < -0.4 is 0 Å². The second-order valence-electron chi connectivity index (χ2n) is 3.57. The van der Waals surface area contributed by atoms with E-state index >= 15 is 0 Å². The Bertz CT molecular complexity index is 358. The second kappa shape index (κ2) is 7.28. The first-order valence-corrected chi connectivity index (χ1v) is 6.53. The van der Waals surface area contributed by atoms with Gasteiger partial charge < -0.3 is 0 Å². The van der Waals surface area contributed by atoms with Crippen LogP contribution in [0.3, 0.4) is 0 Å². The topological polar surface area (TPSA) is 34.9 Å². The number of nitrogens with zero attached hydrogens (tertiary/aromatic N) is 2. The molecule has 4 heteroatoms. The van der Waals surface area contributed by atoms with E-state index in [1.165, 1.54) is 11.8 Å². The van der Waals surface area contributed by atoms with E-state index in [0.717, 1.165) is 30.7 Å². The van der Waals surface area contributed by atoms with Gasteiger partial charge in [-0.15, -0.1) is 0 Å². The Labute approximate surface area is 101 Å². The maximum Gasteiger partial charge on any atom is 0.185 e. The molecule has 3 nitrogen and oxygen atoms in total. The molecule has 0 aliphatic heterocycles. The summed E-state index contributed by atoms with van der Waals surface area (Å²) in [6.07, 6.45) is 10.1. The number of aryl methyl sites for hydroxylation is 1. The van der Waals surface area contributed by atoms with E-state index < -0.39 is 0 Å². The quantitative estimate of drug-likeness (QED) is 0.715. The molecule has 0 saturated carbocycles. The normalized spacial score (nSPS) is 11.1. The predicted octanol–water partition coefficient (Wildman–Crippen LogP) is 2.98. The number of rotatable bonds is 6. The molecule has 16 heavy (non-hydrogen) atoms. The van der Waals surface area contributed by atoms with Crippen LogP contribution in [0.25, 0.3) is 6.08 Å². The van der Waals surface area contributed by atoms with Crippen LogP contribution in [0.4, 0.5) is 0 Å². The van der Waals surface area contributed by atoms with Gasteiger partial charge >= 0.3 is 0 Å². The van der Waals surface area contributed by atoms with Gasteiger partial charge in [-0.25, -0.2) is 0 Å². The molecule has 0 saturated heterocycles. The van der Waals surface area contributed by atoms with Crippen molar-refractivity contribution in [3.8, 4) is 0 Å². The fraction of sp³-hybridized carbons (Fsp3) is 0.500. The number of thioether (sulfide) groups is 1. The summed E-state index contributed by atoms with van der Waals surface area (Å²) >= 11 is 1.37. The van der Waals surface area contributed by atoms with Gasteiger partial charge in [-0.05, 0) is 12.8 Å². The molecule has 0 atom stereocenters. The summed E-state index contributed by atoms with van der Waals surface area (Å²) < 4.78 is 1.95. The molecular weight excluding hydrogens is 220 g/mol. The first-order chi connectivity index (χ1) is 7.72. The van der Waals surface area contributed by atoms with Crippen LogP contribution in [0.1, 0.15) is 32.3 Å². The molecule has 0 aliphatic carbocycles. The monoisotopic (exact) mass is 238 g/mol. The summed E-state index contributed by atoms with van der Waals surface area (Å²) in [7, 11) is 0. The van der Waals surface area contributed by atoms with Crippen LogP contribution in [-0.4, -0.2) is 20.6 Å². The third-order valence-corrected chi connectivity index (χ3v) is 2.85. The van der Waals surface area contributed by atoms with Gasteiger partial charge in [-0.1, -0.05) is 30.8 Å². The van der Waals surface area contributed by atoms with Crippen LogP contribution in [0, 0.1) is 0 Å². The lowest BCUT2D eigenvalue weighted by Crippen LogP contribution is -1.95. The summed E-state index contributed by atoms with van der Waals surface area (Å²) in [5.41, 5.74) is 1.13. The molecule has 1 heterocycles. The summed E-state index contributed by atoms with van der Waals surface area (Å²) in [6.45, 7) is 4.70. The molecule has 0 fully saturated rings. The van der Waals surface area contributed by atoms with Crippen LogP contribution in [0.2, 0.25) is 0 Å². The highest BCUT2D eigenvalue weighted by Gasteiger charge is 1.94. The number of carbonyl (C=O) groups is 1. The summed E-state index contributed by atoms with van der Waals surface area (Å²) in [5, 5.41) is 4.42. The zero-order valence-electron chi connectivity index (χ0n) is 9.85. The zero-order chi connectivity index (χ0) is 11.8. The number of allylic oxidation sites excluding steroid dienone is 1. The van der Waals surface area contributed by atoms with E-state index in [9.17, 15) is 4.79 Å². The molecule has 88 valence electrons. The zero-order valence-corrected chi connectivity index (χ0v) is 10.7. The number of hydrogen-bond donors (Lipinski definition) is 0. The molecule has 1 aromatic rings. The molecule has 1 aromatic heterocycles. The van der Waals surface area contributed by atoms with Crippen molar-refractivity contribution in [3.05, 3.63) is 24.0 Å². The predicted molar refractivity (Wildman–Crippen MR) is 69.3 cm³/mol. The van der Waals surface area contributed by atoms with Crippen LogP contribution in [-0.2, 0) is 11.3 Å². The van der Waals surface area contributed by atoms with E-state index in [4.69, 9.17) is 0 Å². The van der Waals surface area contributed by atoms with E-state index in [1.54, 1.807) is 6.92 Å². The highest BCUT2D eigenvalue weighted by Crippen LogP contribution is 2.06. The fourth-order valence-electron chi connectivity index (χ4n) is 1.31. The van der Waals surface area contributed by atoms with Gasteiger partial charge in [0, 0.05) is 31.0 Å². The Morgan fingerprint density at radius 3 is 3.12 bits per heavy atom. The smallest absolute Gasteiger partial charge is 0.185 e. The molecule has 0 radical (unpaired) electrons. The number of carbonyl (C=O) groups excluding carboxylic acids is 1. The third kappa shape index (κ3) is 5.16. The molecule has 0 aliphatic rings. The summed E-state index contributed by atoms with van der Waals surface area (Å²) in [6, 6.07) is 0. The first-order valence-electron chi connectivity index (χ1n) is 5.54. The van der Waals surface area contributed by atoms with Gasteiger partial charge in [0.25, 0.3) is 0 Å². The van der Waals surface area contributed by atoms with Gasteiger partial charge in [0.15, 0.2) is 5.12 Å². The molecular formula is C12H18N2OS. The number of hydrogen-bond acceptors (Lipinski definition) is 3. The molecule has 0 N–H and O–H groups in total. The molecule has 1 rings (SSSR count). The SMILES string of the molecule is CCCn1cc(C=CCCSC(C)=O)cn1. The van der Waals surface area contributed by atoms with E-state index in [1.807, 2.05) is 17.1 Å². The summed E-state index contributed by atoms with van der Waals surface area (Å²) in [4.78, 5) is 10.7. The second-order valence-corrected chi connectivity index (χ2v) is 4.84. The van der Waals surface area contributed by atoms with E-state index in [-0.39, 0.29) is 5.12 Å². The Morgan fingerprint density at radius 2 is 2.44 bits per heavy atom. The maximum atomic E-state index is 10.7. The van der Waals surface area contributed by atoms with Gasteiger partial charge in [-0.3, -0.25) is 9.48 Å². The largest absolute Gasteiger partial charge is 0.288 e. The molecule has 0 spiro atoms. The summed E-state index contributed by atoms with van der Waals surface area (Å²) in [5.74, 6) is 0.856. The standard InChI is InChI=1S/C12H18N2OS/c1-3-7-14-10-12(9-13-14)6-4-5-8-16-11(2)15/h4,6,9-10H,3,5,7-8H2,1-2H3. The Balaban J connectivity index is 2.29. The van der Waals surface area contributed by atoms with Gasteiger partial charge in [0.2, 0.25) is 0 Å². The van der Waals surface area contributed by atoms with Crippen molar-refractivity contribution in [1.29, 1.82) is 0 Å². The minimum absolute atomic E-state index is 0.184. The van der Waals surface area contributed by atoms with Crippen molar-refractivity contribution < 1.29 is 4.79 Å². The van der Waals surface area contributed by atoms with Crippen molar-refractivity contribution in [2.75, 3.05) is 5.75 Å². The van der Waals surface area contributed by atoms with E-state index in [0.29, 0.717) is 0 Å². The molecule has 0 amide bonds. The maximum absolute atomic E-state index is 10.7. The van der Waals surface area contributed by atoms with Crippen molar-refractivity contribution in [1.82, 2.24) is 9.78 Å². The minimum Gasteiger partial charge on any atom is -0.288 e. The lowest BCUT2D eigenvalue weighted by atomic mass is 10.3. The van der Waals surface area contributed by atoms with Gasteiger partial charge in [0.1, 0.15) is 0 Å². The van der Waals surface area contributed by atoms with Crippen LogP contribution in [0.5, 0.6) is 0 Å². The van der Waals surface area contributed by atoms with Crippen molar-refractivity contribution in [3.63, 3.8) is 0 Å². The fourth-order valence-corrected chi connectivity index (χ4v) is 1.85. The van der Waals surface area contributed by atoms with E-state index in [2.05, 4.69) is 24.2 Å². The van der Waals surface area contributed by atoms with Crippen LogP contribution in [0.15, 0.2) is 18.5 Å². The molecule has 0 bridgehead atoms. The van der Waals surface area contributed by atoms with Crippen LogP contribution >= 0.6 is 11.8 Å². The van der Waals surface area contributed by atoms with Gasteiger partial charge in [0.05, 0.1) is 6.20 Å². The molecule has 0 unspecified atom stereocenters. The Kier molecular flexibility index (Phi) is 5.93. The average Bonchev–Trinajstić information content (AvgIpc) is 2.65. The third-order valence-electron chi connectivity index (χ3n) is 2.01. The van der Waals surface area contributed by atoms with Crippen molar-refractivity contribution in [2.24, 2.45) is 0 Å². The van der Waals surface area contributed by atoms with Crippen molar-refractivity contribution >= 4 is 23.0 Å². The Morgan fingerprint density at radius 1 is 1.62 bits per heavy atom. The first kappa shape index (κ1) is 13.0. The average molecular weight is 238 g/mol. The van der Waals surface area contributed by atoms with Crippen molar-refractivity contribution in [2.45, 2.75) is 33.2 Å².